The second-order valence-corrected chi connectivity index (χ2v) is 9.15. The normalized spacial score (nSPS) is 11.9. The highest BCUT2D eigenvalue weighted by Gasteiger charge is 2.24. The number of imidazole rings is 1. The van der Waals surface area contributed by atoms with Crippen LogP contribution in [0.15, 0.2) is 85.3 Å². The summed E-state index contributed by atoms with van der Waals surface area (Å²) in [6.07, 6.45) is 5.46. The van der Waals surface area contributed by atoms with E-state index >= 15 is 0 Å². The lowest BCUT2D eigenvalue weighted by Crippen LogP contribution is -2.27. The fourth-order valence-corrected chi connectivity index (χ4v) is 4.74. The first-order chi connectivity index (χ1) is 18.5. The molecule has 0 saturated carbocycles. The highest BCUT2D eigenvalue weighted by atomic mass is 16.1. The zero-order valence-electron chi connectivity index (χ0n) is 21.3. The van der Waals surface area contributed by atoms with Gasteiger partial charge in [0.2, 0.25) is 0 Å². The van der Waals surface area contributed by atoms with Gasteiger partial charge in [0, 0.05) is 25.0 Å². The molecule has 0 saturated heterocycles. The first kappa shape index (κ1) is 23.3. The van der Waals surface area contributed by atoms with E-state index in [2.05, 4.69) is 31.8 Å². The Bertz CT molecular complexity index is 1860. The van der Waals surface area contributed by atoms with Gasteiger partial charge in [0.25, 0.3) is 5.91 Å². The average Bonchev–Trinajstić information content (AvgIpc) is 3.62. The molecule has 0 aliphatic carbocycles. The van der Waals surface area contributed by atoms with Crippen LogP contribution in [-0.2, 0) is 7.05 Å². The van der Waals surface area contributed by atoms with Crippen molar-refractivity contribution in [2.45, 2.75) is 19.9 Å². The van der Waals surface area contributed by atoms with Gasteiger partial charge in [-0.3, -0.25) is 13.9 Å². The Hall–Kier alpha value is -5.16. The van der Waals surface area contributed by atoms with Crippen molar-refractivity contribution in [2.75, 3.05) is 0 Å². The van der Waals surface area contributed by atoms with Gasteiger partial charge in [0.15, 0.2) is 0 Å². The Kier molecular flexibility index (Phi) is 5.74. The number of pyridine rings is 2. The number of fused-ring (bicyclic) bond motifs is 2. The first-order valence-corrected chi connectivity index (χ1v) is 12.3. The maximum atomic E-state index is 13.5. The zero-order chi connectivity index (χ0) is 26.2. The van der Waals surface area contributed by atoms with E-state index in [0.717, 1.165) is 39.4 Å². The second-order valence-electron chi connectivity index (χ2n) is 9.15. The van der Waals surface area contributed by atoms with Crippen LogP contribution in [0.5, 0.6) is 0 Å². The Morgan fingerprint density at radius 2 is 1.82 bits per heavy atom. The number of aromatic nitrogens is 6. The molecule has 0 fully saturated rings. The lowest BCUT2D eigenvalue weighted by atomic mass is 10.1. The summed E-state index contributed by atoms with van der Waals surface area (Å²) < 4.78 is 5.51. The van der Waals surface area contributed by atoms with Crippen molar-refractivity contribution in [3.63, 3.8) is 0 Å². The van der Waals surface area contributed by atoms with Gasteiger partial charge in [-0.05, 0) is 44.0 Å². The molecule has 38 heavy (non-hydrogen) atoms. The van der Waals surface area contributed by atoms with Crippen LogP contribution in [0.25, 0.3) is 22.4 Å². The summed E-state index contributed by atoms with van der Waals surface area (Å²) in [5.41, 5.74) is 7.01. The summed E-state index contributed by atoms with van der Waals surface area (Å²) in [6, 6.07) is 21.2. The summed E-state index contributed by atoms with van der Waals surface area (Å²) >= 11 is 0. The Labute approximate surface area is 219 Å². The number of hydrogen-bond acceptors (Lipinski definition) is 4. The fraction of sp³-hybridized carbons (Fsp3) is 0.133. The lowest BCUT2D eigenvalue weighted by Gasteiger charge is -2.15. The number of hydrogen-bond donors (Lipinski definition) is 1. The van der Waals surface area contributed by atoms with Crippen molar-refractivity contribution in [1.29, 1.82) is 0 Å². The predicted molar refractivity (Wildman–Crippen MR) is 146 cm³/mol. The summed E-state index contributed by atoms with van der Waals surface area (Å²) in [7, 11) is 1.87. The molecule has 1 N–H and O–H groups in total. The molecule has 186 valence electrons. The van der Waals surface area contributed by atoms with Gasteiger partial charge < -0.3 is 5.32 Å². The van der Waals surface area contributed by atoms with Crippen molar-refractivity contribution in [1.82, 2.24) is 34.1 Å². The standard InChI is InChI=1S/C30H25N7O/c1-20-27(25-13-7-8-17-36(25)34-20)30(38)32-21(2)28-29(23-10-5-4-6-11-23)37-24(12-9-14-26(37)33-28)16-15-22-18-31-35(3)19-22/h4-14,17-19,21H,1-3H3,(H,32,38)/t21-/m0/s1. The van der Waals surface area contributed by atoms with Gasteiger partial charge in [-0.1, -0.05) is 48.4 Å². The zero-order valence-corrected chi connectivity index (χ0v) is 21.3. The Balaban J connectivity index is 1.45. The minimum Gasteiger partial charge on any atom is -0.344 e. The lowest BCUT2D eigenvalue weighted by molar-refractivity contribution is 0.0940. The molecule has 1 aromatic carbocycles. The number of carbonyl (C=O) groups is 1. The van der Waals surface area contributed by atoms with E-state index in [9.17, 15) is 4.79 Å². The number of nitrogens with one attached hydrogen (secondary N) is 1. The molecule has 5 aromatic heterocycles. The van der Waals surface area contributed by atoms with Gasteiger partial charge >= 0.3 is 0 Å². The van der Waals surface area contributed by atoms with Crippen LogP contribution in [0, 0.1) is 18.8 Å². The van der Waals surface area contributed by atoms with E-state index in [4.69, 9.17) is 4.98 Å². The summed E-state index contributed by atoms with van der Waals surface area (Å²) in [4.78, 5) is 18.5. The van der Waals surface area contributed by atoms with Crippen molar-refractivity contribution >= 4 is 17.1 Å². The number of benzene rings is 1. The monoisotopic (exact) mass is 499 g/mol. The van der Waals surface area contributed by atoms with Crippen molar-refractivity contribution in [2.24, 2.45) is 7.05 Å². The SMILES string of the molecule is Cc1nn2ccccc2c1C(=O)N[C@@H](C)c1nc2cccc(C#Cc3cnn(C)c3)n2c1-c1ccccc1. The van der Waals surface area contributed by atoms with Crippen LogP contribution in [-0.4, -0.2) is 34.7 Å². The van der Waals surface area contributed by atoms with Gasteiger partial charge in [0.1, 0.15) is 5.65 Å². The van der Waals surface area contributed by atoms with Crippen molar-refractivity contribution < 1.29 is 4.79 Å². The minimum absolute atomic E-state index is 0.191. The number of amides is 1. The maximum Gasteiger partial charge on any atom is 0.255 e. The highest BCUT2D eigenvalue weighted by molar-refractivity contribution is 6.02. The van der Waals surface area contributed by atoms with Gasteiger partial charge in [-0.2, -0.15) is 10.2 Å². The van der Waals surface area contributed by atoms with Gasteiger partial charge in [-0.15, -0.1) is 0 Å². The summed E-state index contributed by atoms with van der Waals surface area (Å²) in [5, 5.41) is 11.9. The van der Waals surface area contributed by atoms with Crippen LogP contribution in [0.2, 0.25) is 0 Å². The Morgan fingerprint density at radius 3 is 2.61 bits per heavy atom. The third-order valence-electron chi connectivity index (χ3n) is 6.46. The molecule has 0 radical (unpaired) electrons. The summed E-state index contributed by atoms with van der Waals surface area (Å²) in [5.74, 6) is 6.30. The van der Waals surface area contributed by atoms with E-state index < -0.39 is 0 Å². The molecule has 1 amide bonds. The van der Waals surface area contributed by atoms with Crippen LogP contribution >= 0.6 is 0 Å². The molecule has 0 aliphatic heterocycles. The molecule has 5 heterocycles. The topological polar surface area (TPSA) is 81.5 Å². The molecule has 0 unspecified atom stereocenters. The molecule has 0 bridgehead atoms. The molecular weight excluding hydrogens is 474 g/mol. The van der Waals surface area contributed by atoms with E-state index in [1.807, 2.05) is 100 Å². The molecule has 8 nitrogen and oxygen atoms in total. The number of rotatable bonds is 4. The van der Waals surface area contributed by atoms with E-state index in [1.165, 1.54) is 0 Å². The fourth-order valence-electron chi connectivity index (χ4n) is 4.74. The minimum atomic E-state index is -0.380. The third-order valence-corrected chi connectivity index (χ3v) is 6.46. The molecule has 8 heteroatoms. The van der Waals surface area contributed by atoms with Gasteiger partial charge in [0.05, 0.1) is 51.7 Å². The molecular formula is C30H25N7O. The highest BCUT2D eigenvalue weighted by Crippen LogP contribution is 2.31. The van der Waals surface area contributed by atoms with Crippen LogP contribution < -0.4 is 5.32 Å². The third kappa shape index (κ3) is 4.10. The predicted octanol–water partition coefficient (Wildman–Crippen LogP) is 4.58. The van der Waals surface area contributed by atoms with Crippen LogP contribution in [0.4, 0.5) is 0 Å². The second kappa shape index (κ2) is 9.37. The molecule has 6 aromatic rings. The van der Waals surface area contributed by atoms with E-state index in [0.29, 0.717) is 11.3 Å². The first-order valence-electron chi connectivity index (χ1n) is 12.3. The van der Waals surface area contributed by atoms with Crippen molar-refractivity contribution in [3.05, 3.63) is 114 Å². The number of carbonyl (C=O) groups excluding carboxylic acids is 1. The number of nitrogens with zero attached hydrogens (tertiary/aromatic N) is 6. The van der Waals surface area contributed by atoms with E-state index in [-0.39, 0.29) is 11.9 Å². The summed E-state index contributed by atoms with van der Waals surface area (Å²) in [6.45, 7) is 3.80. The van der Waals surface area contributed by atoms with Crippen LogP contribution in [0.3, 0.4) is 0 Å². The largest absolute Gasteiger partial charge is 0.344 e. The van der Waals surface area contributed by atoms with E-state index in [1.54, 1.807) is 15.4 Å². The van der Waals surface area contributed by atoms with Crippen molar-refractivity contribution in [3.8, 4) is 23.1 Å². The number of aryl methyl sites for hydroxylation is 2. The quantitative estimate of drug-likeness (QED) is 0.360. The van der Waals surface area contributed by atoms with Crippen LogP contribution in [0.1, 0.15) is 46.0 Å². The molecule has 1 atom stereocenters. The smallest absolute Gasteiger partial charge is 0.255 e. The average molecular weight is 500 g/mol. The van der Waals surface area contributed by atoms with Gasteiger partial charge in [-0.25, -0.2) is 9.50 Å². The maximum absolute atomic E-state index is 13.5. The molecule has 0 spiro atoms. The Morgan fingerprint density at radius 1 is 1.00 bits per heavy atom. The molecule has 0 aliphatic rings. The molecule has 6 rings (SSSR count).